The average Bonchev–Trinajstić information content (AvgIpc) is 2.87. The minimum atomic E-state index is -3.87. The summed E-state index contributed by atoms with van der Waals surface area (Å²) < 4.78 is 31.5. The van der Waals surface area contributed by atoms with Crippen LogP contribution in [0, 0.1) is 0 Å². The van der Waals surface area contributed by atoms with E-state index in [0.717, 1.165) is 11.3 Å². The molecule has 0 unspecified atom stereocenters. The molecule has 2 rings (SSSR count). The highest BCUT2D eigenvalue weighted by molar-refractivity contribution is 7.93. The van der Waals surface area contributed by atoms with E-state index in [0.29, 0.717) is 11.4 Å². The summed E-state index contributed by atoms with van der Waals surface area (Å²) in [6.07, 6.45) is 0. The van der Waals surface area contributed by atoms with Gasteiger partial charge in [-0.25, -0.2) is 13.2 Å². The van der Waals surface area contributed by atoms with Gasteiger partial charge in [-0.05, 0) is 29.6 Å². The SMILES string of the molecule is COC(=O)c1sccc1S(=O)(=O)Nc1cccc(N)c1. The van der Waals surface area contributed by atoms with Crippen LogP contribution < -0.4 is 10.5 Å². The van der Waals surface area contributed by atoms with Crippen LogP contribution in [0.5, 0.6) is 0 Å². The Labute approximate surface area is 120 Å². The Morgan fingerprint density at radius 1 is 1.35 bits per heavy atom. The lowest BCUT2D eigenvalue weighted by Gasteiger charge is -2.08. The highest BCUT2D eigenvalue weighted by Gasteiger charge is 2.24. The van der Waals surface area contributed by atoms with Crippen LogP contribution in [-0.2, 0) is 14.8 Å². The van der Waals surface area contributed by atoms with Gasteiger partial charge >= 0.3 is 5.97 Å². The van der Waals surface area contributed by atoms with Crippen LogP contribution >= 0.6 is 11.3 Å². The van der Waals surface area contributed by atoms with Crippen LogP contribution in [0.15, 0.2) is 40.6 Å². The van der Waals surface area contributed by atoms with E-state index < -0.39 is 16.0 Å². The molecule has 0 spiro atoms. The number of carbonyl (C=O) groups excluding carboxylic acids is 1. The lowest BCUT2D eigenvalue weighted by Crippen LogP contribution is -2.15. The van der Waals surface area contributed by atoms with Crippen molar-refractivity contribution < 1.29 is 17.9 Å². The lowest BCUT2D eigenvalue weighted by atomic mass is 10.3. The van der Waals surface area contributed by atoms with E-state index in [1.54, 1.807) is 18.2 Å². The number of rotatable bonds is 4. The molecule has 0 atom stereocenters. The molecule has 0 bridgehead atoms. The van der Waals surface area contributed by atoms with Crippen molar-refractivity contribution in [2.24, 2.45) is 0 Å². The summed E-state index contributed by atoms with van der Waals surface area (Å²) in [7, 11) is -2.67. The Morgan fingerprint density at radius 2 is 2.10 bits per heavy atom. The van der Waals surface area contributed by atoms with E-state index >= 15 is 0 Å². The maximum Gasteiger partial charge on any atom is 0.349 e. The van der Waals surface area contributed by atoms with E-state index in [9.17, 15) is 13.2 Å². The molecule has 0 amide bonds. The first-order valence-electron chi connectivity index (χ1n) is 5.48. The quantitative estimate of drug-likeness (QED) is 0.664. The number of anilines is 2. The molecule has 1 aromatic carbocycles. The number of hydrogen-bond donors (Lipinski definition) is 2. The number of carbonyl (C=O) groups is 1. The van der Waals surface area contributed by atoms with Crippen LogP contribution in [0.25, 0.3) is 0 Å². The zero-order chi connectivity index (χ0) is 14.8. The van der Waals surface area contributed by atoms with Crippen molar-refractivity contribution in [1.29, 1.82) is 0 Å². The molecule has 3 N–H and O–H groups in total. The maximum absolute atomic E-state index is 12.3. The summed E-state index contributed by atoms with van der Waals surface area (Å²) in [5.41, 5.74) is 6.35. The maximum atomic E-state index is 12.3. The minimum absolute atomic E-state index is 0.0314. The molecule has 0 radical (unpaired) electrons. The van der Waals surface area contributed by atoms with E-state index in [4.69, 9.17) is 5.73 Å². The van der Waals surface area contributed by atoms with Crippen LogP contribution in [-0.4, -0.2) is 21.5 Å². The second-order valence-corrected chi connectivity index (χ2v) is 6.40. The molecular formula is C12H12N2O4S2. The van der Waals surface area contributed by atoms with Crippen molar-refractivity contribution in [3.63, 3.8) is 0 Å². The van der Waals surface area contributed by atoms with Gasteiger partial charge in [0, 0.05) is 5.69 Å². The van der Waals surface area contributed by atoms with Crippen LogP contribution in [0.3, 0.4) is 0 Å². The summed E-state index contributed by atoms with van der Waals surface area (Å²) in [6.45, 7) is 0. The fourth-order valence-electron chi connectivity index (χ4n) is 1.56. The number of nitrogen functional groups attached to an aromatic ring is 1. The van der Waals surface area contributed by atoms with Crippen LogP contribution in [0.4, 0.5) is 11.4 Å². The number of ether oxygens (including phenoxy) is 1. The number of methoxy groups -OCH3 is 1. The Morgan fingerprint density at radius 3 is 2.75 bits per heavy atom. The number of hydrogen-bond acceptors (Lipinski definition) is 6. The average molecular weight is 312 g/mol. The molecular weight excluding hydrogens is 300 g/mol. The van der Waals surface area contributed by atoms with Crippen molar-refractivity contribution in [3.8, 4) is 0 Å². The summed E-state index contributed by atoms with van der Waals surface area (Å²) >= 11 is 1.00. The third kappa shape index (κ3) is 2.91. The summed E-state index contributed by atoms with van der Waals surface area (Å²) in [5, 5.41) is 1.51. The Bertz CT molecular complexity index is 737. The van der Waals surface area contributed by atoms with E-state index in [1.165, 1.54) is 24.6 Å². The smallest absolute Gasteiger partial charge is 0.349 e. The van der Waals surface area contributed by atoms with Gasteiger partial charge in [-0.1, -0.05) is 6.07 Å². The Kier molecular flexibility index (Phi) is 3.96. The molecule has 0 saturated carbocycles. The van der Waals surface area contributed by atoms with E-state index in [2.05, 4.69) is 9.46 Å². The molecule has 0 aliphatic carbocycles. The van der Waals surface area contributed by atoms with Gasteiger partial charge < -0.3 is 10.5 Å². The summed E-state index contributed by atoms with van der Waals surface area (Å²) in [6, 6.07) is 7.68. The van der Waals surface area contributed by atoms with Crippen molar-refractivity contribution >= 4 is 38.7 Å². The molecule has 20 heavy (non-hydrogen) atoms. The molecule has 2 aromatic rings. The predicted molar refractivity (Wildman–Crippen MR) is 77.3 cm³/mol. The van der Waals surface area contributed by atoms with E-state index in [-0.39, 0.29) is 9.77 Å². The second kappa shape index (κ2) is 5.51. The number of nitrogens with two attached hydrogens (primary N) is 1. The molecule has 0 saturated heterocycles. The molecule has 1 aromatic heterocycles. The van der Waals surface area contributed by atoms with Gasteiger partial charge in [-0.15, -0.1) is 11.3 Å². The Balaban J connectivity index is 2.36. The number of thiophene rings is 1. The molecule has 0 aliphatic heterocycles. The van der Waals surface area contributed by atoms with Crippen molar-refractivity contribution in [1.82, 2.24) is 0 Å². The van der Waals surface area contributed by atoms with Crippen molar-refractivity contribution in [2.75, 3.05) is 17.6 Å². The molecule has 0 aliphatic rings. The zero-order valence-corrected chi connectivity index (χ0v) is 12.1. The second-order valence-electron chi connectivity index (χ2n) is 3.84. The fourth-order valence-corrected chi connectivity index (χ4v) is 3.95. The minimum Gasteiger partial charge on any atom is -0.465 e. The molecule has 8 heteroatoms. The fraction of sp³-hybridized carbons (Fsp3) is 0.0833. The summed E-state index contributed by atoms with van der Waals surface area (Å²) in [5.74, 6) is -0.687. The van der Waals surface area contributed by atoms with Gasteiger partial charge in [0.25, 0.3) is 10.0 Å². The first kappa shape index (κ1) is 14.4. The molecule has 106 valence electrons. The predicted octanol–water partition coefficient (Wildman–Crippen LogP) is 1.92. The molecule has 1 heterocycles. The Hall–Kier alpha value is -2.06. The number of esters is 1. The number of sulfonamides is 1. The largest absolute Gasteiger partial charge is 0.465 e. The lowest BCUT2D eigenvalue weighted by molar-refractivity contribution is 0.0602. The van der Waals surface area contributed by atoms with Crippen molar-refractivity contribution in [3.05, 3.63) is 40.6 Å². The topological polar surface area (TPSA) is 98.5 Å². The van der Waals surface area contributed by atoms with Gasteiger partial charge in [0.2, 0.25) is 0 Å². The van der Waals surface area contributed by atoms with Gasteiger partial charge in [0.05, 0.1) is 12.8 Å². The number of benzene rings is 1. The normalized spacial score (nSPS) is 11.1. The highest BCUT2D eigenvalue weighted by Crippen LogP contribution is 2.25. The first-order chi connectivity index (χ1) is 9.44. The monoisotopic (exact) mass is 312 g/mol. The summed E-state index contributed by atoms with van der Waals surface area (Å²) in [4.78, 5) is 11.4. The standard InChI is InChI=1S/C12H12N2O4S2/c1-18-12(15)11-10(5-6-19-11)20(16,17)14-9-4-2-3-8(13)7-9/h2-7,14H,13H2,1H3. The van der Waals surface area contributed by atoms with Gasteiger partial charge in [0.15, 0.2) is 0 Å². The van der Waals surface area contributed by atoms with Gasteiger partial charge in [-0.3, -0.25) is 4.72 Å². The number of nitrogens with one attached hydrogen (secondary N) is 1. The van der Waals surface area contributed by atoms with Gasteiger partial charge in [-0.2, -0.15) is 0 Å². The zero-order valence-electron chi connectivity index (χ0n) is 10.5. The third-order valence-electron chi connectivity index (χ3n) is 2.43. The molecule has 0 fully saturated rings. The molecule has 6 nitrogen and oxygen atoms in total. The van der Waals surface area contributed by atoms with E-state index in [1.807, 2.05) is 0 Å². The van der Waals surface area contributed by atoms with Crippen LogP contribution in [0.2, 0.25) is 0 Å². The highest BCUT2D eigenvalue weighted by atomic mass is 32.2. The van der Waals surface area contributed by atoms with Gasteiger partial charge in [0.1, 0.15) is 9.77 Å². The van der Waals surface area contributed by atoms with Crippen molar-refractivity contribution in [2.45, 2.75) is 4.90 Å². The first-order valence-corrected chi connectivity index (χ1v) is 7.84. The van der Waals surface area contributed by atoms with Crippen LogP contribution in [0.1, 0.15) is 9.67 Å². The third-order valence-corrected chi connectivity index (χ3v) is 4.88.